The van der Waals surface area contributed by atoms with Gasteiger partial charge in [0, 0.05) is 25.3 Å². The van der Waals surface area contributed by atoms with Crippen LogP contribution in [0.4, 0.5) is 0 Å². The Morgan fingerprint density at radius 3 is 2.56 bits per heavy atom. The number of aromatic nitrogens is 1. The van der Waals surface area contributed by atoms with Crippen molar-refractivity contribution in [3.05, 3.63) is 78.0 Å². The van der Waals surface area contributed by atoms with Crippen molar-refractivity contribution in [1.82, 2.24) is 0 Å². The average molecular weight is 328 g/mol. The fraction of sp³-hybridized carbons (Fsp3) is 0.292. The van der Waals surface area contributed by atoms with E-state index in [0.29, 0.717) is 0 Å². The zero-order valence-electron chi connectivity index (χ0n) is 15.5. The van der Waals surface area contributed by atoms with Crippen molar-refractivity contribution in [1.29, 1.82) is 0 Å². The molecule has 0 radical (unpaired) electrons. The summed E-state index contributed by atoms with van der Waals surface area (Å²) in [5, 5.41) is 2.63. The second-order valence-corrected chi connectivity index (χ2v) is 7.30. The molecule has 4 rings (SSSR count). The molecule has 0 bridgehead atoms. The van der Waals surface area contributed by atoms with Crippen LogP contribution in [0.3, 0.4) is 0 Å². The zero-order chi connectivity index (χ0) is 17.6. The average Bonchev–Trinajstić information content (AvgIpc) is 2.73. The Kier molecular flexibility index (Phi) is 3.76. The first-order chi connectivity index (χ1) is 12.1. The van der Waals surface area contributed by atoms with Gasteiger partial charge in [-0.3, -0.25) is 0 Å². The molecule has 1 aromatic heterocycles. The Labute approximate surface area is 150 Å². The monoisotopic (exact) mass is 328 g/mol. The molecule has 0 unspecified atom stereocenters. The molecule has 0 amide bonds. The van der Waals surface area contributed by atoms with Gasteiger partial charge in [-0.2, -0.15) is 4.57 Å². The van der Waals surface area contributed by atoms with Crippen molar-refractivity contribution in [2.45, 2.75) is 45.6 Å². The summed E-state index contributed by atoms with van der Waals surface area (Å²) < 4.78 is 2.51. The molecule has 25 heavy (non-hydrogen) atoms. The molecule has 1 aliphatic heterocycles. The highest BCUT2D eigenvalue weighted by Crippen LogP contribution is 2.40. The lowest BCUT2D eigenvalue weighted by Crippen LogP contribution is -2.57. The Morgan fingerprint density at radius 2 is 1.80 bits per heavy atom. The summed E-state index contributed by atoms with van der Waals surface area (Å²) in [6.45, 7) is 11.3. The van der Waals surface area contributed by atoms with E-state index in [1.165, 1.54) is 38.7 Å². The van der Waals surface area contributed by atoms with E-state index in [-0.39, 0.29) is 5.54 Å². The van der Waals surface area contributed by atoms with E-state index in [9.17, 15) is 0 Å². The lowest BCUT2D eigenvalue weighted by atomic mass is 9.82. The van der Waals surface area contributed by atoms with E-state index in [1.54, 1.807) is 0 Å². The van der Waals surface area contributed by atoms with Crippen LogP contribution in [0.15, 0.2) is 66.9 Å². The van der Waals surface area contributed by atoms with Crippen LogP contribution in [0.1, 0.15) is 37.8 Å². The third-order valence-corrected chi connectivity index (χ3v) is 6.07. The van der Waals surface area contributed by atoms with Crippen molar-refractivity contribution in [2.24, 2.45) is 0 Å². The number of aryl methyl sites for hydroxylation is 1. The van der Waals surface area contributed by atoms with Gasteiger partial charge >= 0.3 is 0 Å². The normalized spacial score (nSPS) is 15.6. The fourth-order valence-corrected chi connectivity index (χ4v) is 4.60. The first kappa shape index (κ1) is 16.1. The molecule has 0 saturated carbocycles. The van der Waals surface area contributed by atoms with E-state index in [4.69, 9.17) is 0 Å². The van der Waals surface area contributed by atoms with Gasteiger partial charge in [0.25, 0.3) is 0 Å². The van der Waals surface area contributed by atoms with Crippen molar-refractivity contribution in [2.75, 3.05) is 0 Å². The predicted molar refractivity (Wildman–Crippen MR) is 106 cm³/mol. The first-order valence-electron chi connectivity index (χ1n) is 9.32. The maximum Gasteiger partial charge on any atom is 0.221 e. The second kappa shape index (κ2) is 5.84. The van der Waals surface area contributed by atoms with Crippen LogP contribution in [0, 0.1) is 6.92 Å². The van der Waals surface area contributed by atoms with Gasteiger partial charge in [0.05, 0.1) is 10.9 Å². The van der Waals surface area contributed by atoms with Gasteiger partial charge in [0.15, 0.2) is 11.7 Å². The molecule has 1 nitrogen and oxygen atoms in total. The van der Waals surface area contributed by atoms with Gasteiger partial charge in [-0.05, 0) is 35.6 Å². The number of fused-ring (bicyclic) bond motifs is 5. The molecule has 0 N–H and O–H groups in total. The second-order valence-electron chi connectivity index (χ2n) is 7.30. The molecule has 0 saturated heterocycles. The molecule has 0 aliphatic carbocycles. The van der Waals surface area contributed by atoms with E-state index < -0.39 is 0 Å². The highest BCUT2D eigenvalue weighted by Gasteiger charge is 2.44. The summed E-state index contributed by atoms with van der Waals surface area (Å²) in [6.07, 6.45) is 5.36. The molecule has 3 aromatic rings. The van der Waals surface area contributed by atoms with Crippen molar-refractivity contribution < 1.29 is 4.57 Å². The van der Waals surface area contributed by atoms with Gasteiger partial charge in [-0.15, -0.1) is 0 Å². The molecule has 126 valence electrons. The largest absolute Gasteiger partial charge is 0.221 e. The third kappa shape index (κ3) is 2.26. The number of allylic oxidation sites excluding steroid dienone is 1. The standard InChI is InChI=1S/C24H26N/c1-5-24(6-2)18(4)16-20-15-17(3)11-12-22(20)23-21-10-8-7-9-19(21)13-14-25(23)24/h7-15H,4-6,16H2,1-3H3/q+1. The number of hydrogen-bond donors (Lipinski definition) is 0. The molecule has 2 heterocycles. The van der Waals surface area contributed by atoms with Gasteiger partial charge in [0.1, 0.15) is 0 Å². The number of pyridine rings is 1. The zero-order valence-corrected chi connectivity index (χ0v) is 15.5. The Hall–Kier alpha value is -2.41. The molecule has 1 aliphatic rings. The van der Waals surface area contributed by atoms with Gasteiger partial charge in [0.2, 0.25) is 5.69 Å². The number of hydrogen-bond acceptors (Lipinski definition) is 0. The molecule has 0 atom stereocenters. The third-order valence-electron chi connectivity index (χ3n) is 6.07. The highest BCUT2D eigenvalue weighted by atomic mass is 15.1. The Morgan fingerprint density at radius 1 is 1.04 bits per heavy atom. The molecular weight excluding hydrogens is 302 g/mol. The van der Waals surface area contributed by atoms with Crippen LogP contribution < -0.4 is 4.57 Å². The van der Waals surface area contributed by atoms with Crippen LogP contribution in [0.2, 0.25) is 0 Å². The number of nitrogens with zero attached hydrogens (tertiary/aromatic N) is 1. The summed E-state index contributed by atoms with van der Waals surface area (Å²) in [7, 11) is 0. The van der Waals surface area contributed by atoms with Crippen LogP contribution in [-0.4, -0.2) is 0 Å². The minimum Gasteiger partial charge on any atom is -0.188 e. The smallest absolute Gasteiger partial charge is 0.188 e. The van der Waals surface area contributed by atoms with E-state index in [2.05, 4.69) is 86.6 Å². The predicted octanol–water partition coefficient (Wildman–Crippen LogP) is 5.73. The van der Waals surface area contributed by atoms with Crippen molar-refractivity contribution in [3.63, 3.8) is 0 Å². The SMILES string of the molecule is C=C1Cc2cc(C)ccc2-c2c3ccccc3cc[n+]2C1(CC)CC. The topological polar surface area (TPSA) is 3.88 Å². The van der Waals surface area contributed by atoms with Crippen LogP contribution in [-0.2, 0) is 12.0 Å². The summed E-state index contributed by atoms with van der Waals surface area (Å²) in [6, 6.07) is 17.9. The van der Waals surface area contributed by atoms with E-state index >= 15 is 0 Å². The van der Waals surface area contributed by atoms with Gasteiger partial charge in [-0.1, -0.05) is 56.3 Å². The van der Waals surface area contributed by atoms with E-state index in [1.807, 2.05) is 0 Å². The maximum absolute atomic E-state index is 4.56. The first-order valence-corrected chi connectivity index (χ1v) is 9.32. The summed E-state index contributed by atoms with van der Waals surface area (Å²) in [5.41, 5.74) is 6.72. The number of rotatable bonds is 2. The molecule has 2 aromatic carbocycles. The highest BCUT2D eigenvalue weighted by molar-refractivity contribution is 5.93. The fourth-order valence-electron chi connectivity index (χ4n) is 4.60. The minimum absolute atomic E-state index is 0.0215. The van der Waals surface area contributed by atoms with Crippen LogP contribution in [0.5, 0.6) is 0 Å². The van der Waals surface area contributed by atoms with Crippen molar-refractivity contribution >= 4 is 10.8 Å². The summed E-state index contributed by atoms with van der Waals surface area (Å²) in [4.78, 5) is 0. The van der Waals surface area contributed by atoms with Crippen molar-refractivity contribution in [3.8, 4) is 11.3 Å². The lowest BCUT2D eigenvalue weighted by Gasteiger charge is -2.28. The Balaban J connectivity index is 2.19. The molecular formula is C24H26N+. The molecule has 0 spiro atoms. The maximum atomic E-state index is 4.56. The quantitative estimate of drug-likeness (QED) is 0.418. The van der Waals surface area contributed by atoms with Gasteiger partial charge in [-0.25, -0.2) is 0 Å². The Bertz CT molecular complexity index is 977. The number of benzene rings is 2. The molecule has 0 fully saturated rings. The van der Waals surface area contributed by atoms with Crippen LogP contribution in [0.25, 0.3) is 22.0 Å². The molecule has 1 heteroatoms. The van der Waals surface area contributed by atoms with Crippen LogP contribution >= 0.6 is 0 Å². The van der Waals surface area contributed by atoms with E-state index in [0.717, 1.165) is 19.3 Å². The minimum atomic E-state index is -0.0215. The lowest BCUT2D eigenvalue weighted by molar-refractivity contribution is -0.745. The summed E-state index contributed by atoms with van der Waals surface area (Å²) >= 11 is 0. The summed E-state index contributed by atoms with van der Waals surface area (Å²) in [5.74, 6) is 0. The van der Waals surface area contributed by atoms with Gasteiger partial charge < -0.3 is 0 Å².